The van der Waals surface area contributed by atoms with Crippen LogP contribution in [0, 0.1) is 6.92 Å². The van der Waals surface area contributed by atoms with E-state index in [4.69, 9.17) is 4.74 Å². The number of fused-ring (bicyclic) bond motifs is 1. The van der Waals surface area contributed by atoms with Crippen LogP contribution in [0.1, 0.15) is 27.7 Å². The predicted octanol–water partition coefficient (Wildman–Crippen LogP) is 4.29. The van der Waals surface area contributed by atoms with Crippen molar-refractivity contribution >= 4 is 34.0 Å². The van der Waals surface area contributed by atoms with Crippen LogP contribution in [0.25, 0.3) is 11.3 Å². The number of aromatic nitrogens is 1. The fourth-order valence-corrected chi connectivity index (χ4v) is 4.34. The number of methoxy groups -OCH3 is 1. The van der Waals surface area contributed by atoms with Gasteiger partial charge in [-0.2, -0.15) is 0 Å². The Bertz CT molecular complexity index is 1090. The van der Waals surface area contributed by atoms with Gasteiger partial charge < -0.3 is 9.64 Å². The van der Waals surface area contributed by atoms with Crippen molar-refractivity contribution in [3.63, 3.8) is 0 Å². The van der Waals surface area contributed by atoms with E-state index in [-0.39, 0.29) is 11.8 Å². The van der Waals surface area contributed by atoms with Crippen LogP contribution in [-0.4, -0.2) is 30.5 Å². The maximum Gasteiger partial charge on any atom is 0.257 e. The molecule has 7 heteroatoms. The van der Waals surface area contributed by atoms with E-state index in [1.54, 1.807) is 25.0 Å². The number of ether oxygens (including phenoxy) is 1. The lowest BCUT2D eigenvalue weighted by molar-refractivity contribution is -0.116. The van der Waals surface area contributed by atoms with Crippen molar-refractivity contribution < 1.29 is 14.3 Å². The Hall–Kier alpha value is -3.19. The quantitative estimate of drug-likeness (QED) is 0.700. The summed E-state index contributed by atoms with van der Waals surface area (Å²) in [6.45, 7) is 4.20. The van der Waals surface area contributed by atoms with Crippen LogP contribution in [0.5, 0.6) is 5.75 Å². The number of anilines is 2. The molecule has 0 atom stereocenters. The molecule has 0 aliphatic carbocycles. The van der Waals surface area contributed by atoms with E-state index in [9.17, 15) is 9.59 Å². The van der Waals surface area contributed by atoms with Gasteiger partial charge >= 0.3 is 0 Å². The number of amides is 2. The molecule has 0 bridgehead atoms. The fourth-order valence-electron chi connectivity index (χ4n) is 3.51. The number of rotatable bonds is 4. The average Bonchev–Trinajstić information content (AvgIpc) is 3.30. The second kappa shape index (κ2) is 7.67. The van der Waals surface area contributed by atoms with Crippen LogP contribution < -0.4 is 15.0 Å². The molecule has 148 valence electrons. The van der Waals surface area contributed by atoms with Gasteiger partial charge in [-0.05, 0) is 61.4 Å². The zero-order valence-corrected chi connectivity index (χ0v) is 17.3. The number of benzene rings is 2. The molecule has 0 unspecified atom stereocenters. The molecule has 0 saturated carbocycles. The Morgan fingerprint density at radius 3 is 2.62 bits per heavy atom. The smallest absolute Gasteiger partial charge is 0.257 e. The Morgan fingerprint density at radius 2 is 1.93 bits per heavy atom. The summed E-state index contributed by atoms with van der Waals surface area (Å²) >= 11 is 1.44. The molecular formula is C22H21N3O3S. The van der Waals surface area contributed by atoms with Gasteiger partial charge in [0, 0.05) is 35.2 Å². The second-order valence-electron chi connectivity index (χ2n) is 6.87. The first-order chi connectivity index (χ1) is 14.0. The van der Waals surface area contributed by atoms with E-state index < -0.39 is 0 Å². The third-order valence-electron chi connectivity index (χ3n) is 5.00. The molecule has 6 nitrogen and oxygen atoms in total. The third kappa shape index (κ3) is 3.73. The first-order valence-corrected chi connectivity index (χ1v) is 10.1. The molecular weight excluding hydrogens is 386 g/mol. The predicted molar refractivity (Wildman–Crippen MR) is 115 cm³/mol. The van der Waals surface area contributed by atoms with E-state index in [0.29, 0.717) is 17.2 Å². The highest BCUT2D eigenvalue weighted by molar-refractivity contribution is 7.16. The molecule has 2 amide bonds. The monoisotopic (exact) mass is 407 g/mol. The Balaban J connectivity index is 1.53. The van der Waals surface area contributed by atoms with E-state index in [1.165, 1.54) is 11.3 Å². The number of thiazole rings is 1. The highest BCUT2D eigenvalue weighted by Gasteiger charge is 2.23. The van der Waals surface area contributed by atoms with Gasteiger partial charge in [0.2, 0.25) is 5.91 Å². The van der Waals surface area contributed by atoms with Crippen molar-refractivity contribution in [2.75, 3.05) is 23.9 Å². The first-order valence-electron chi connectivity index (χ1n) is 9.30. The van der Waals surface area contributed by atoms with Gasteiger partial charge in [-0.15, -0.1) is 11.3 Å². The summed E-state index contributed by atoms with van der Waals surface area (Å²) in [7, 11) is 1.63. The molecule has 0 spiro atoms. The lowest BCUT2D eigenvalue weighted by Crippen LogP contribution is -2.25. The fraction of sp³-hybridized carbons (Fsp3) is 0.227. The largest absolute Gasteiger partial charge is 0.497 e. The van der Waals surface area contributed by atoms with Gasteiger partial charge in [0.1, 0.15) is 5.75 Å². The maximum absolute atomic E-state index is 12.7. The van der Waals surface area contributed by atoms with Gasteiger partial charge in [0.05, 0.1) is 12.8 Å². The number of hydrogen-bond donors (Lipinski definition) is 1. The van der Waals surface area contributed by atoms with Crippen molar-refractivity contribution in [1.29, 1.82) is 0 Å². The molecule has 2 heterocycles. The molecule has 1 N–H and O–H groups in total. The molecule has 1 aliphatic rings. The number of aryl methyl sites for hydroxylation is 1. The van der Waals surface area contributed by atoms with Crippen LogP contribution >= 0.6 is 11.3 Å². The second-order valence-corrected chi connectivity index (χ2v) is 8.07. The van der Waals surface area contributed by atoms with Gasteiger partial charge in [0.25, 0.3) is 5.91 Å². The normalized spacial score (nSPS) is 12.6. The number of carbonyl (C=O) groups is 2. The van der Waals surface area contributed by atoms with Gasteiger partial charge in [-0.3, -0.25) is 14.9 Å². The first kappa shape index (κ1) is 19.1. The third-order valence-corrected chi connectivity index (χ3v) is 5.88. The van der Waals surface area contributed by atoms with Crippen LogP contribution in [-0.2, 0) is 11.2 Å². The minimum atomic E-state index is -0.205. The van der Waals surface area contributed by atoms with E-state index in [2.05, 4.69) is 10.3 Å². The number of nitrogens with zero attached hydrogens (tertiary/aromatic N) is 2. The van der Waals surface area contributed by atoms with Crippen LogP contribution in [0.4, 0.5) is 10.8 Å². The summed E-state index contributed by atoms with van der Waals surface area (Å²) < 4.78 is 5.20. The minimum absolute atomic E-state index is 0.0188. The molecule has 3 aromatic rings. The van der Waals surface area contributed by atoms with Crippen molar-refractivity contribution in [3.8, 4) is 17.0 Å². The zero-order chi connectivity index (χ0) is 20.5. The summed E-state index contributed by atoms with van der Waals surface area (Å²) in [4.78, 5) is 31.8. The molecule has 2 aromatic carbocycles. The topological polar surface area (TPSA) is 71.5 Å². The highest BCUT2D eigenvalue weighted by atomic mass is 32.1. The van der Waals surface area contributed by atoms with Crippen molar-refractivity contribution in [2.45, 2.75) is 20.3 Å². The summed E-state index contributed by atoms with van der Waals surface area (Å²) in [5.41, 5.74) is 4.29. The van der Waals surface area contributed by atoms with Crippen LogP contribution in [0.15, 0.2) is 42.5 Å². The summed E-state index contributed by atoms with van der Waals surface area (Å²) in [6, 6.07) is 13.1. The van der Waals surface area contributed by atoms with Crippen LogP contribution in [0.3, 0.4) is 0 Å². The number of carbonyl (C=O) groups excluding carboxylic acids is 2. The molecule has 1 aromatic heterocycles. The van der Waals surface area contributed by atoms with Crippen molar-refractivity contribution in [3.05, 3.63) is 58.5 Å². The summed E-state index contributed by atoms with van der Waals surface area (Å²) in [5, 5.41) is 3.46. The molecule has 4 rings (SSSR count). The molecule has 29 heavy (non-hydrogen) atoms. The summed E-state index contributed by atoms with van der Waals surface area (Å²) in [5.74, 6) is 0.601. The van der Waals surface area contributed by atoms with Gasteiger partial charge in [-0.25, -0.2) is 4.98 Å². The van der Waals surface area contributed by atoms with Crippen molar-refractivity contribution in [2.24, 2.45) is 0 Å². The summed E-state index contributed by atoms with van der Waals surface area (Å²) in [6.07, 6.45) is 0.758. The molecule has 0 saturated heterocycles. The molecule has 0 radical (unpaired) electrons. The number of hydrogen-bond acceptors (Lipinski definition) is 5. The van der Waals surface area contributed by atoms with Gasteiger partial charge in [-0.1, -0.05) is 0 Å². The average molecular weight is 407 g/mol. The van der Waals surface area contributed by atoms with Crippen LogP contribution in [0.2, 0.25) is 0 Å². The minimum Gasteiger partial charge on any atom is -0.497 e. The Morgan fingerprint density at radius 1 is 1.17 bits per heavy atom. The zero-order valence-electron chi connectivity index (χ0n) is 16.5. The van der Waals surface area contributed by atoms with E-state index >= 15 is 0 Å². The number of nitrogens with one attached hydrogen (secondary N) is 1. The Kier molecular flexibility index (Phi) is 5.07. The SMILES string of the molecule is COc1ccc(-c2nc(NC(=O)c3ccc4c(c3)CCN4C(C)=O)sc2C)cc1. The standard InChI is InChI=1S/C22H21N3O3S/c1-13-20(15-4-7-18(28-3)8-5-15)23-22(29-13)24-21(27)17-6-9-19-16(12-17)10-11-25(19)14(2)26/h4-9,12H,10-11H2,1-3H3,(H,23,24,27). The lowest BCUT2D eigenvalue weighted by Gasteiger charge is -2.14. The van der Waals surface area contributed by atoms with E-state index in [1.807, 2.05) is 43.3 Å². The lowest BCUT2D eigenvalue weighted by atomic mass is 10.1. The van der Waals surface area contributed by atoms with Gasteiger partial charge in [0.15, 0.2) is 5.13 Å². The van der Waals surface area contributed by atoms with E-state index in [0.717, 1.165) is 39.6 Å². The highest BCUT2D eigenvalue weighted by Crippen LogP contribution is 2.32. The van der Waals surface area contributed by atoms with Crippen molar-refractivity contribution in [1.82, 2.24) is 4.98 Å². The molecule has 0 fully saturated rings. The Labute approximate surface area is 173 Å². The molecule has 1 aliphatic heterocycles. The maximum atomic E-state index is 12.7.